The minimum atomic E-state index is -4.19. The molecule has 10 heteroatoms. The second-order valence-corrected chi connectivity index (χ2v) is 14.2. The SMILES string of the molecule is COc1ccc(N(CC(=O)N(Cc2ccc(Cl)cc2)[C@@H](Cc2ccccc2)C(=O)NC2CCCC2)S(=O)(=O)c2ccc(C)cc2)cc1. The van der Waals surface area contributed by atoms with Crippen molar-refractivity contribution < 1.29 is 22.7 Å². The molecular weight excluding hydrogens is 634 g/mol. The van der Waals surface area contributed by atoms with E-state index in [1.54, 1.807) is 60.7 Å². The molecule has 0 aliphatic heterocycles. The molecule has 47 heavy (non-hydrogen) atoms. The molecule has 4 aromatic rings. The molecule has 4 aromatic carbocycles. The number of rotatable bonds is 13. The molecule has 1 fully saturated rings. The van der Waals surface area contributed by atoms with Crippen LogP contribution in [0.15, 0.2) is 108 Å². The van der Waals surface area contributed by atoms with Crippen LogP contribution in [-0.4, -0.2) is 50.9 Å². The number of halogens is 1. The number of nitrogens with one attached hydrogen (secondary N) is 1. The Labute approximate surface area is 282 Å². The first-order valence-electron chi connectivity index (χ1n) is 15.8. The number of ether oxygens (including phenoxy) is 1. The van der Waals surface area contributed by atoms with Gasteiger partial charge in [-0.05, 0) is 79.4 Å². The van der Waals surface area contributed by atoms with E-state index in [0.29, 0.717) is 16.5 Å². The van der Waals surface area contributed by atoms with Gasteiger partial charge in [0, 0.05) is 24.0 Å². The molecule has 0 unspecified atom stereocenters. The lowest BCUT2D eigenvalue weighted by Crippen LogP contribution is -2.54. The summed E-state index contributed by atoms with van der Waals surface area (Å²) >= 11 is 6.18. The zero-order valence-electron chi connectivity index (χ0n) is 26.6. The van der Waals surface area contributed by atoms with Crippen LogP contribution < -0.4 is 14.4 Å². The number of anilines is 1. The number of carbonyl (C=O) groups excluding carboxylic acids is 2. The number of nitrogens with zero attached hydrogens (tertiary/aromatic N) is 2. The molecule has 5 rings (SSSR count). The highest BCUT2D eigenvalue weighted by molar-refractivity contribution is 7.92. The molecule has 1 N–H and O–H groups in total. The zero-order valence-corrected chi connectivity index (χ0v) is 28.2. The Morgan fingerprint density at radius 2 is 1.51 bits per heavy atom. The van der Waals surface area contributed by atoms with Gasteiger partial charge in [0.25, 0.3) is 10.0 Å². The summed E-state index contributed by atoms with van der Waals surface area (Å²) in [5.41, 5.74) is 2.84. The van der Waals surface area contributed by atoms with Crippen LogP contribution in [0.2, 0.25) is 5.02 Å². The van der Waals surface area contributed by atoms with E-state index in [0.717, 1.165) is 46.7 Å². The molecule has 2 amide bonds. The summed E-state index contributed by atoms with van der Waals surface area (Å²) < 4.78 is 34.8. The van der Waals surface area contributed by atoms with Gasteiger partial charge in [-0.1, -0.05) is 84.6 Å². The van der Waals surface area contributed by atoms with E-state index in [2.05, 4.69) is 5.32 Å². The van der Waals surface area contributed by atoms with E-state index >= 15 is 0 Å². The van der Waals surface area contributed by atoms with Crippen molar-refractivity contribution in [1.82, 2.24) is 10.2 Å². The van der Waals surface area contributed by atoms with Gasteiger partial charge in [0.15, 0.2) is 0 Å². The fraction of sp³-hybridized carbons (Fsp3) is 0.297. The number of hydrogen-bond acceptors (Lipinski definition) is 5. The average molecular weight is 674 g/mol. The van der Waals surface area contributed by atoms with Crippen molar-refractivity contribution in [2.24, 2.45) is 0 Å². The van der Waals surface area contributed by atoms with Crippen molar-refractivity contribution in [1.29, 1.82) is 0 Å². The van der Waals surface area contributed by atoms with Gasteiger partial charge in [-0.2, -0.15) is 0 Å². The van der Waals surface area contributed by atoms with Gasteiger partial charge in [0.1, 0.15) is 18.3 Å². The van der Waals surface area contributed by atoms with Crippen molar-refractivity contribution in [2.75, 3.05) is 18.0 Å². The van der Waals surface area contributed by atoms with Gasteiger partial charge in [0.2, 0.25) is 11.8 Å². The number of benzene rings is 4. The molecular formula is C37H40ClN3O5S. The van der Waals surface area contributed by atoms with Crippen molar-refractivity contribution in [3.63, 3.8) is 0 Å². The number of sulfonamides is 1. The third-order valence-corrected chi connectivity index (χ3v) is 10.5. The maximum absolute atomic E-state index is 14.6. The summed E-state index contributed by atoms with van der Waals surface area (Å²) in [6.07, 6.45) is 4.10. The average Bonchev–Trinajstić information content (AvgIpc) is 3.59. The van der Waals surface area contributed by atoms with E-state index in [9.17, 15) is 18.0 Å². The highest BCUT2D eigenvalue weighted by atomic mass is 35.5. The quantitative estimate of drug-likeness (QED) is 0.174. The lowest BCUT2D eigenvalue weighted by Gasteiger charge is -2.34. The smallest absolute Gasteiger partial charge is 0.264 e. The molecule has 246 valence electrons. The van der Waals surface area contributed by atoms with Crippen molar-refractivity contribution in [2.45, 2.75) is 62.6 Å². The molecule has 0 saturated heterocycles. The molecule has 1 atom stereocenters. The van der Waals surface area contributed by atoms with Crippen LogP contribution in [0.25, 0.3) is 0 Å². The molecule has 0 bridgehead atoms. The van der Waals surface area contributed by atoms with E-state index < -0.39 is 28.5 Å². The second kappa shape index (κ2) is 15.5. The second-order valence-electron chi connectivity index (χ2n) is 11.9. The van der Waals surface area contributed by atoms with Crippen LogP contribution in [0, 0.1) is 6.92 Å². The summed E-state index contributed by atoms with van der Waals surface area (Å²) in [7, 11) is -2.67. The van der Waals surface area contributed by atoms with Crippen LogP contribution in [0.4, 0.5) is 5.69 Å². The van der Waals surface area contributed by atoms with Gasteiger partial charge >= 0.3 is 0 Å². The van der Waals surface area contributed by atoms with Crippen LogP contribution >= 0.6 is 11.6 Å². The minimum absolute atomic E-state index is 0.0333. The Morgan fingerprint density at radius 1 is 0.872 bits per heavy atom. The predicted molar refractivity (Wildman–Crippen MR) is 185 cm³/mol. The normalized spacial score (nSPS) is 13.9. The van der Waals surface area contributed by atoms with Gasteiger partial charge in [-0.25, -0.2) is 8.42 Å². The van der Waals surface area contributed by atoms with E-state index in [-0.39, 0.29) is 29.8 Å². The van der Waals surface area contributed by atoms with Crippen molar-refractivity contribution in [3.05, 3.63) is 125 Å². The highest BCUT2D eigenvalue weighted by Gasteiger charge is 2.35. The number of carbonyl (C=O) groups is 2. The molecule has 1 aliphatic rings. The number of methoxy groups -OCH3 is 1. The third kappa shape index (κ3) is 8.73. The van der Waals surface area contributed by atoms with Crippen molar-refractivity contribution >= 4 is 39.1 Å². The molecule has 0 heterocycles. The first-order chi connectivity index (χ1) is 22.6. The first-order valence-corrected chi connectivity index (χ1v) is 17.6. The maximum Gasteiger partial charge on any atom is 0.264 e. The summed E-state index contributed by atoms with van der Waals surface area (Å²) in [5, 5.41) is 3.73. The van der Waals surface area contributed by atoms with Gasteiger partial charge in [-0.15, -0.1) is 0 Å². The lowest BCUT2D eigenvalue weighted by atomic mass is 10.0. The third-order valence-electron chi connectivity index (χ3n) is 8.49. The molecule has 8 nitrogen and oxygen atoms in total. The van der Waals surface area contributed by atoms with Gasteiger partial charge < -0.3 is 15.0 Å². The lowest BCUT2D eigenvalue weighted by molar-refractivity contribution is -0.140. The highest BCUT2D eigenvalue weighted by Crippen LogP contribution is 2.27. The van der Waals surface area contributed by atoms with E-state index in [1.807, 2.05) is 37.3 Å². The summed E-state index contributed by atoms with van der Waals surface area (Å²) in [4.78, 5) is 30.3. The zero-order chi connectivity index (χ0) is 33.4. The molecule has 0 aromatic heterocycles. The van der Waals surface area contributed by atoms with E-state index in [4.69, 9.17) is 16.3 Å². The maximum atomic E-state index is 14.6. The first kappa shape index (κ1) is 34.0. The predicted octanol–water partition coefficient (Wildman–Crippen LogP) is 6.55. The fourth-order valence-electron chi connectivity index (χ4n) is 5.82. The van der Waals surface area contributed by atoms with Crippen LogP contribution in [0.5, 0.6) is 5.75 Å². The monoisotopic (exact) mass is 673 g/mol. The standard InChI is InChI=1S/C37H40ClN3O5S/c1-27-12-22-34(23-13-27)47(44,45)41(32-18-20-33(46-2)21-19-32)26-36(42)40(25-29-14-16-30(38)17-15-29)35(24-28-8-4-3-5-9-28)37(43)39-31-10-6-7-11-31/h3-5,8-9,12-23,31,35H,6-7,10-11,24-26H2,1-2H3,(H,39,43)/t35-/m0/s1. The summed E-state index contributed by atoms with van der Waals surface area (Å²) in [5.74, 6) is -0.238. The van der Waals surface area contributed by atoms with Gasteiger partial charge in [-0.3, -0.25) is 13.9 Å². The number of aryl methyl sites for hydroxylation is 1. The van der Waals surface area contributed by atoms with Crippen LogP contribution in [0.1, 0.15) is 42.4 Å². The number of amides is 2. The summed E-state index contributed by atoms with van der Waals surface area (Å²) in [6.45, 7) is 1.42. The van der Waals surface area contributed by atoms with Crippen LogP contribution in [-0.2, 0) is 32.6 Å². The molecule has 0 spiro atoms. The number of hydrogen-bond donors (Lipinski definition) is 1. The van der Waals surface area contributed by atoms with Crippen molar-refractivity contribution in [3.8, 4) is 5.75 Å². The largest absolute Gasteiger partial charge is 0.497 e. The Morgan fingerprint density at radius 3 is 2.13 bits per heavy atom. The molecule has 0 radical (unpaired) electrons. The Bertz CT molecular complexity index is 1740. The van der Waals surface area contributed by atoms with Crippen LogP contribution in [0.3, 0.4) is 0 Å². The Hall–Kier alpha value is -4.34. The van der Waals surface area contributed by atoms with Gasteiger partial charge in [0.05, 0.1) is 17.7 Å². The van der Waals surface area contributed by atoms with E-state index in [1.165, 1.54) is 24.1 Å². The Balaban J connectivity index is 1.56. The minimum Gasteiger partial charge on any atom is -0.497 e. The molecule has 1 saturated carbocycles. The molecule has 1 aliphatic carbocycles. The summed E-state index contributed by atoms with van der Waals surface area (Å²) in [6, 6.07) is 28.8. The Kier molecular flexibility index (Phi) is 11.2. The fourth-order valence-corrected chi connectivity index (χ4v) is 7.36. The topological polar surface area (TPSA) is 96.0 Å².